The van der Waals surface area contributed by atoms with Crippen LogP contribution in [-0.4, -0.2) is 29.9 Å². The fraction of sp³-hybridized carbons (Fsp3) is 0.385. The second kappa shape index (κ2) is 7.47. The molecule has 7 heteroatoms. The van der Waals surface area contributed by atoms with Gasteiger partial charge in [-0.05, 0) is 24.3 Å². The molecule has 2 aromatic rings. The van der Waals surface area contributed by atoms with Crippen molar-refractivity contribution in [2.75, 3.05) is 12.9 Å². The molecule has 2 N–H and O–H groups in total. The third kappa shape index (κ3) is 4.09. The molecule has 0 aliphatic heterocycles. The summed E-state index contributed by atoms with van der Waals surface area (Å²) in [5, 5.41) is 2.90. The minimum atomic E-state index is -0.540. The van der Waals surface area contributed by atoms with Gasteiger partial charge in [0.15, 0.2) is 10.8 Å². The SMILES string of the molecule is COC(=O)C(N)CCSCc1csc(-c2ccco2)n1. The van der Waals surface area contributed by atoms with Crippen molar-refractivity contribution < 1.29 is 13.9 Å². The van der Waals surface area contributed by atoms with E-state index in [0.717, 1.165) is 28.0 Å². The predicted molar refractivity (Wildman–Crippen MR) is 80.6 cm³/mol. The molecule has 1 atom stereocenters. The number of thioether (sulfide) groups is 1. The minimum Gasteiger partial charge on any atom is -0.468 e. The Labute approximate surface area is 125 Å². The molecule has 0 saturated carbocycles. The summed E-state index contributed by atoms with van der Waals surface area (Å²) in [5.41, 5.74) is 6.67. The fourth-order valence-corrected chi connectivity index (χ4v) is 3.36. The lowest BCUT2D eigenvalue weighted by Crippen LogP contribution is -2.31. The van der Waals surface area contributed by atoms with E-state index in [9.17, 15) is 4.79 Å². The molecule has 0 aromatic carbocycles. The molecule has 2 rings (SSSR count). The summed E-state index contributed by atoms with van der Waals surface area (Å²) in [6.07, 6.45) is 2.24. The highest BCUT2D eigenvalue weighted by molar-refractivity contribution is 7.98. The number of aromatic nitrogens is 1. The zero-order chi connectivity index (χ0) is 14.4. The van der Waals surface area contributed by atoms with Gasteiger partial charge in [-0.1, -0.05) is 0 Å². The second-order valence-corrected chi connectivity index (χ2v) is 6.06. The van der Waals surface area contributed by atoms with Crippen molar-refractivity contribution in [1.82, 2.24) is 4.98 Å². The number of hydrogen-bond donors (Lipinski definition) is 1. The smallest absolute Gasteiger partial charge is 0.322 e. The van der Waals surface area contributed by atoms with E-state index < -0.39 is 6.04 Å². The number of carbonyl (C=O) groups is 1. The van der Waals surface area contributed by atoms with Crippen LogP contribution in [-0.2, 0) is 15.3 Å². The number of ether oxygens (including phenoxy) is 1. The highest BCUT2D eigenvalue weighted by atomic mass is 32.2. The van der Waals surface area contributed by atoms with E-state index >= 15 is 0 Å². The summed E-state index contributed by atoms with van der Waals surface area (Å²) < 4.78 is 9.88. The lowest BCUT2D eigenvalue weighted by Gasteiger charge is -2.07. The van der Waals surface area contributed by atoms with E-state index in [-0.39, 0.29) is 5.97 Å². The standard InChI is InChI=1S/C13H16N2O3S2/c1-17-13(16)10(14)4-6-19-7-9-8-20-12(15-9)11-3-2-5-18-11/h2-3,5,8,10H,4,6-7,14H2,1H3. The summed E-state index contributed by atoms with van der Waals surface area (Å²) in [4.78, 5) is 15.6. The van der Waals surface area contributed by atoms with Gasteiger partial charge in [0.05, 0.1) is 19.1 Å². The molecule has 0 saturated heterocycles. The molecule has 108 valence electrons. The van der Waals surface area contributed by atoms with Crippen LogP contribution in [0.3, 0.4) is 0 Å². The van der Waals surface area contributed by atoms with Gasteiger partial charge in [0.2, 0.25) is 0 Å². The van der Waals surface area contributed by atoms with E-state index in [4.69, 9.17) is 10.2 Å². The first kappa shape index (κ1) is 15.1. The number of esters is 1. The number of nitrogens with zero attached hydrogens (tertiary/aromatic N) is 1. The third-order valence-corrected chi connectivity index (χ3v) is 4.54. The van der Waals surface area contributed by atoms with Crippen molar-refractivity contribution in [2.24, 2.45) is 5.73 Å². The van der Waals surface area contributed by atoms with E-state index in [0.29, 0.717) is 6.42 Å². The molecular weight excluding hydrogens is 296 g/mol. The summed E-state index contributed by atoms with van der Waals surface area (Å²) in [7, 11) is 1.35. The van der Waals surface area contributed by atoms with E-state index in [1.54, 1.807) is 29.4 Å². The molecule has 2 heterocycles. The highest BCUT2D eigenvalue weighted by Gasteiger charge is 2.13. The molecular formula is C13H16N2O3S2. The van der Waals surface area contributed by atoms with Crippen LogP contribution in [0.1, 0.15) is 12.1 Å². The molecule has 20 heavy (non-hydrogen) atoms. The number of furan rings is 1. The number of hydrogen-bond acceptors (Lipinski definition) is 7. The zero-order valence-electron chi connectivity index (χ0n) is 11.1. The maximum Gasteiger partial charge on any atom is 0.322 e. The zero-order valence-corrected chi connectivity index (χ0v) is 12.7. The van der Waals surface area contributed by atoms with Gasteiger partial charge < -0.3 is 14.9 Å². The Hall–Kier alpha value is -1.31. The monoisotopic (exact) mass is 312 g/mol. The third-order valence-electron chi connectivity index (χ3n) is 2.61. The number of methoxy groups -OCH3 is 1. The Morgan fingerprint density at radius 1 is 1.65 bits per heavy atom. The molecule has 0 bridgehead atoms. The van der Waals surface area contributed by atoms with Crippen LogP contribution in [0, 0.1) is 0 Å². The quantitative estimate of drug-likeness (QED) is 0.625. The van der Waals surface area contributed by atoms with Crippen molar-refractivity contribution in [2.45, 2.75) is 18.2 Å². The predicted octanol–water partition coefficient (Wildman–Crippen LogP) is 2.53. The van der Waals surface area contributed by atoms with Gasteiger partial charge in [-0.25, -0.2) is 4.98 Å². The van der Waals surface area contributed by atoms with Crippen LogP contribution in [0.4, 0.5) is 0 Å². The van der Waals surface area contributed by atoms with Gasteiger partial charge in [0.25, 0.3) is 0 Å². The Morgan fingerprint density at radius 2 is 2.50 bits per heavy atom. The number of thiazole rings is 1. The van der Waals surface area contributed by atoms with Crippen LogP contribution < -0.4 is 5.73 Å². The molecule has 2 aromatic heterocycles. The molecule has 0 aliphatic rings. The molecule has 1 unspecified atom stereocenters. The topological polar surface area (TPSA) is 78.4 Å². The van der Waals surface area contributed by atoms with Gasteiger partial charge in [0, 0.05) is 11.1 Å². The molecule has 0 radical (unpaired) electrons. The molecule has 0 amide bonds. The number of nitrogens with two attached hydrogens (primary N) is 1. The van der Waals surface area contributed by atoms with Gasteiger partial charge in [-0.15, -0.1) is 11.3 Å². The van der Waals surface area contributed by atoms with Crippen LogP contribution in [0.15, 0.2) is 28.2 Å². The number of carbonyl (C=O) groups excluding carboxylic acids is 1. The van der Waals surface area contributed by atoms with Crippen LogP contribution >= 0.6 is 23.1 Å². The average molecular weight is 312 g/mol. The van der Waals surface area contributed by atoms with Crippen molar-refractivity contribution in [3.63, 3.8) is 0 Å². The lowest BCUT2D eigenvalue weighted by molar-refractivity contribution is -0.142. The molecule has 5 nitrogen and oxygen atoms in total. The lowest BCUT2D eigenvalue weighted by atomic mass is 10.2. The van der Waals surface area contributed by atoms with Crippen LogP contribution in [0.2, 0.25) is 0 Å². The largest absolute Gasteiger partial charge is 0.468 e. The van der Waals surface area contributed by atoms with Crippen molar-refractivity contribution in [1.29, 1.82) is 0 Å². The molecule has 0 fully saturated rings. The Balaban J connectivity index is 1.74. The van der Waals surface area contributed by atoms with Crippen LogP contribution in [0.25, 0.3) is 10.8 Å². The molecule has 0 spiro atoms. The minimum absolute atomic E-state index is 0.362. The van der Waals surface area contributed by atoms with E-state index in [2.05, 4.69) is 9.72 Å². The molecule has 0 aliphatic carbocycles. The number of rotatable bonds is 7. The first-order valence-corrected chi connectivity index (χ1v) is 8.13. The summed E-state index contributed by atoms with van der Waals surface area (Å²) in [6, 6.07) is 3.20. The summed E-state index contributed by atoms with van der Waals surface area (Å²) >= 11 is 3.26. The fourth-order valence-electron chi connectivity index (χ4n) is 1.54. The first-order valence-electron chi connectivity index (χ1n) is 6.10. The Kier molecular flexibility index (Phi) is 5.63. The second-order valence-electron chi connectivity index (χ2n) is 4.09. The first-order chi connectivity index (χ1) is 9.70. The van der Waals surface area contributed by atoms with Gasteiger partial charge >= 0.3 is 5.97 Å². The summed E-state index contributed by atoms with van der Waals surface area (Å²) in [6.45, 7) is 0. The average Bonchev–Trinajstić information content (AvgIpc) is 3.12. The van der Waals surface area contributed by atoms with E-state index in [1.165, 1.54) is 7.11 Å². The Morgan fingerprint density at radius 3 is 3.20 bits per heavy atom. The maximum absolute atomic E-state index is 11.1. The van der Waals surface area contributed by atoms with Gasteiger partial charge in [0.1, 0.15) is 6.04 Å². The van der Waals surface area contributed by atoms with Gasteiger partial charge in [-0.3, -0.25) is 4.79 Å². The summed E-state index contributed by atoms with van der Waals surface area (Å²) in [5.74, 6) is 2.02. The van der Waals surface area contributed by atoms with Crippen LogP contribution in [0.5, 0.6) is 0 Å². The highest BCUT2D eigenvalue weighted by Crippen LogP contribution is 2.25. The Bertz CT molecular complexity index is 540. The van der Waals surface area contributed by atoms with Gasteiger partial charge in [-0.2, -0.15) is 11.8 Å². The van der Waals surface area contributed by atoms with Crippen molar-refractivity contribution >= 4 is 29.1 Å². The van der Waals surface area contributed by atoms with Crippen molar-refractivity contribution in [3.05, 3.63) is 29.5 Å². The van der Waals surface area contributed by atoms with E-state index in [1.807, 2.05) is 17.5 Å². The maximum atomic E-state index is 11.1. The normalized spacial score (nSPS) is 12.3. The van der Waals surface area contributed by atoms with Crippen molar-refractivity contribution in [3.8, 4) is 10.8 Å².